The minimum atomic E-state index is -0.437. The molecule has 0 bridgehead atoms. The number of nitrogens with one attached hydrogen (secondary N) is 1. The Kier molecular flexibility index (Phi) is 3.60. The van der Waals surface area contributed by atoms with E-state index in [9.17, 15) is 4.39 Å². The van der Waals surface area contributed by atoms with Crippen molar-refractivity contribution in [2.24, 2.45) is 0 Å². The van der Waals surface area contributed by atoms with Crippen molar-refractivity contribution in [3.8, 4) is 5.75 Å². The van der Waals surface area contributed by atoms with Gasteiger partial charge in [0.1, 0.15) is 11.6 Å². The molecule has 0 spiro atoms. The molecule has 4 heteroatoms. The Hall–Kier alpha value is -2.23. The first-order valence-electron chi connectivity index (χ1n) is 5.99. The fraction of sp³-hybridized carbons (Fsp3) is 0.200. The molecule has 0 atom stereocenters. The van der Waals surface area contributed by atoms with Crippen LogP contribution in [0.2, 0.25) is 0 Å². The molecule has 0 heterocycles. The van der Waals surface area contributed by atoms with Crippen molar-refractivity contribution < 1.29 is 9.13 Å². The van der Waals surface area contributed by atoms with Gasteiger partial charge in [-0.05, 0) is 49.2 Å². The lowest BCUT2D eigenvalue weighted by atomic mass is 10.1. The molecule has 0 aliphatic heterocycles. The number of anilines is 3. The van der Waals surface area contributed by atoms with Gasteiger partial charge in [-0.15, -0.1) is 0 Å². The number of aryl methyl sites for hydroxylation is 2. The number of methoxy groups -OCH3 is 1. The number of hydrogen-bond acceptors (Lipinski definition) is 3. The van der Waals surface area contributed by atoms with Crippen LogP contribution in [-0.4, -0.2) is 7.11 Å². The Morgan fingerprint density at radius 1 is 1.11 bits per heavy atom. The summed E-state index contributed by atoms with van der Waals surface area (Å²) in [7, 11) is 1.60. The minimum absolute atomic E-state index is 0.0998. The van der Waals surface area contributed by atoms with Crippen molar-refractivity contribution >= 4 is 17.1 Å². The Bertz CT molecular complexity index is 611. The van der Waals surface area contributed by atoms with Gasteiger partial charge in [0.05, 0.1) is 24.2 Å². The highest BCUT2D eigenvalue weighted by Gasteiger charge is 2.09. The molecule has 2 aromatic carbocycles. The van der Waals surface area contributed by atoms with E-state index in [-0.39, 0.29) is 5.69 Å². The third kappa shape index (κ3) is 2.62. The maximum absolute atomic E-state index is 13.4. The molecule has 0 aliphatic rings. The molecule has 0 aliphatic carbocycles. The van der Waals surface area contributed by atoms with Gasteiger partial charge in [0.15, 0.2) is 0 Å². The molecule has 0 saturated heterocycles. The van der Waals surface area contributed by atoms with E-state index in [4.69, 9.17) is 10.5 Å². The van der Waals surface area contributed by atoms with Crippen molar-refractivity contribution in [1.29, 1.82) is 0 Å². The second-order valence-electron chi connectivity index (χ2n) is 4.46. The number of benzene rings is 2. The summed E-state index contributed by atoms with van der Waals surface area (Å²) < 4.78 is 18.7. The van der Waals surface area contributed by atoms with Crippen molar-refractivity contribution in [3.05, 3.63) is 47.3 Å². The number of para-hydroxylation sites is 1. The van der Waals surface area contributed by atoms with E-state index >= 15 is 0 Å². The van der Waals surface area contributed by atoms with Gasteiger partial charge in [0.2, 0.25) is 0 Å². The van der Waals surface area contributed by atoms with Gasteiger partial charge in [-0.3, -0.25) is 0 Å². The van der Waals surface area contributed by atoms with E-state index in [1.54, 1.807) is 19.2 Å². The molecule has 0 fully saturated rings. The van der Waals surface area contributed by atoms with Gasteiger partial charge in [-0.1, -0.05) is 6.07 Å². The van der Waals surface area contributed by atoms with Crippen LogP contribution >= 0.6 is 0 Å². The number of hydrogen-bond donors (Lipinski definition) is 2. The van der Waals surface area contributed by atoms with E-state index in [0.29, 0.717) is 11.4 Å². The van der Waals surface area contributed by atoms with Crippen LogP contribution in [0.4, 0.5) is 21.5 Å². The molecule has 0 unspecified atom stereocenters. The summed E-state index contributed by atoms with van der Waals surface area (Å²) in [6.07, 6.45) is 0. The van der Waals surface area contributed by atoms with Crippen LogP contribution in [0.1, 0.15) is 11.1 Å². The first-order valence-corrected chi connectivity index (χ1v) is 5.99. The maximum atomic E-state index is 13.4. The largest absolute Gasteiger partial charge is 0.495 e. The Morgan fingerprint density at radius 3 is 2.47 bits per heavy atom. The van der Waals surface area contributed by atoms with Crippen LogP contribution in [0.3, 0.4) is 0 Å². The Labute approximate surface area is 112 Å². The van der Waals surface area contributed by atoms with E-state index in [1.165, 1.54) is 6.07 Å². The molecule has 2 aromatic rings. The molecule has 2 rings (SSSR count). The van der Waals surface area contributed by atoms with Crippen LogP contribution < -0.4 is 15.8 Å². The van der Waals surface area contributed by atoms with Gasteiger partial charge < -0.3 is 15.8 Å². The summed E-state index contributed by atoms with van der Waals surface area (Å²) in [5.41, 5.74) is 9.36. The smallest absolute Gasteiger partial charge is 0.148 e. The van der Waals surface area contributed by atoms with Gasteiger partial charge in [-0.2, -0.15) is 0 Å². The molecular weight excluding hydrogens is 243 g/mol. The molecule has 0 radical (unpaired) electrons. The van der Waals surface area contributed by atoms with Gasteiger partial charge in [0, 0.05) is 0 Å². The summed E-state index contributed by atoms with van der Waals surface area (Å²) in [6, 6.07) is 8.57. The van der Waals surface area contributed by atoms with Crippen molar-refractivity contribution in [1.82, 2.24) is 0 Å². The molecule has 100 valence electrons. The van der Waals surface area contributed by atoms with Crippen molar-refractivity contribution in [2.75, 3.05) is 18.2 Å². The molecule has 0 amide bonds. The van der Waals surface area contributed by atoms with E-state index < -0.39 is 5.82 Å². The fourth-order valence-electron chi connectivity index (χ4n) is 1.85. The third-order valence-corrected chi connectivity index (χ3v) is 3.14. The number of rotatable bonds is 3. The van der Waals surface area contributed by atoms with Crippen molar-refractivity contribution in [2.45, 2.75) is 13.8 Å². The van der Waals surface area contributed by atoms with Crippen LogP contribution in [0.15, 0.2) is 30.3 Å². The monoisotopic (exact) mass is 260 g/mol. The van der Waals surface area contributed by atoms with Crippen LogP contribution in [-0.2, 0) is 0 Å². The number of nitrogens with two attached hydrogens (primary N) is 1. The minimum Gasteiger partial charge on any atom is -0.495 e. The van der Waals surface area contributed by atoms with Gasteiger partial charge >= 0.3 is 0 Å². The molecule has 0 saturated carbocycles. The molecular formula is C15H17FN2O. The Balaban J connectivity index is 2.43. The number of nitrogen functional groups attached to an aromatic ring is 1. The zero-order valence-electron chi connectivity index (χ0n) is 11.3. The number of ether oxygens (including phenoxy) is 1. The van der Waals surface area contributed by atoms with Crippen molar-refractivity contribution in [3.63, 3.8) is 0 Å². The van der Waals surface area contributed by atoms with E-state index in [0.717, 1.165) is 16.8 Å². The Morgan fingerprint density at radius 2 is 1.79 bits per heavy atom. The highest BCUT2D eigenvalue weighted by molar-refractivity contribution is 5.76. The summed E-state index contributed by atoms with van der Waals surface area (Å²) in [4.78, 5) is 0. The summed E-state index contributed by atoms with van der Waals surface area (Å²) in [5, 5.41) is 3.11. The van der Waals surface area contributed by atoms with Crippen LogP contribution in [0.25, 0.3) is 0 Å². The highest BCUT2D eigenvalue weighted by Crippen LogP contribution is 2.33. The second-order valence-corrected chi connectivity index (χ2v) is 4.46. The van der Waals surface area contributed by atoms with E-state index in [1.807, 2.05) is 26.0 Å². The zero-order chi connectivity index (χ0) is 14.0. The molecule has 3 nitrogen and oxygen atoms in total. The number of halogens is 1. The van der Waals surface area contributed by atoms with Crippen LogP contribution in [0.5, 0.6) is 5.75 Å². The second kappa shape index (κ2) is 5.18. The van der Waals surface area contributed by atoms with Crippen LogP contribution in [0, 0.1) is 19.7 Å². The fourth-order valence-corrected chi connectivity index (χ4v) is 1.85. The topological polar surface area (TPSA) is 47.3 Å². The van der Waals surface area contributed by atoms with E-state index in [2.05, 4.69) is 5.32 Å². The third-order valence-electron chi connectivity index (χ3n) is 3.14. The predicted molar refractivity (Wildman–Crippen MR) is 76.6 cm³/mol. The maximum Gasteiger partial charge on any atom is 0.148 e. The lowest BCUT2D eigenvalue weighted by Crippen LogP contribution is -2.01. The van der Waals surface area contributed by atoms with Gasteiger partial charge in [0.25, 0.3) is 0 Å². The molecule has 3 N–H and O–H groups in total. The summed E-state index contributed by atoms with van der Waals surface area (Å²) in [6.45, 7) is 4.02. The lowest BCUT2D eigenvalue weighted by Gasteiger charge is -2.15. The average Bonchev–Trinajstić information content (AvgIpc) is 2.39. The standard InChI is InChI=1S/C15H17FN2O/c1-9-7-13(14(19-3)8-10(9)2)18-12-6-4-5-11(16)15(12)17/h4-8,18H,17H2,1-3H3. The molecule has 19 heavy (non-hydrogen) atoms. The van der Waals surface area contributed by atoms with Gasteiger partial charge in [-0.25, -0.2) is 4.39 Å². The first-order chi connectivity index (χ1) is 9.02. The lowest BCUT2D eigenvalue weighted by molar-refractivity contribution is 0.416. The first kappa shape index (κ1) is 13.2. The SMILES string of the molecule is COc1cc(C)c(C)cc1Nc1cccc(F)c1N. The zero-order valence-corrected chi connectivity index (χ0v) is 11.3. The summed E-state index contributed by atoms with van der Waals surface area (Å²) in [5.74, 6) is 0.263. The summed E-state index contributed by atoms with van der Waals surface area (Å²) >= 11 is 0. The molecule has 0 aromatic heterocycles. The highest BCUT2D eigenvalue weighted by atomic mass is 19.1. The predicted octanol–water partition coefficient (Wildman–Crippen LogP) is 3.78. The quantitative estimate of drug-likeness (QED) is 0.826. The average molecular weight is 260 g/mol. The normalized spacial score (nSPS) is 10.3.